The van der Waals surface area contributed by atoms with Gasteiger partial charge in [0.05, 0.1) is 6.61 Å². The third-order valence-corrected chi connectivity index (χ3v) is 0.688. The van der Waals surface area contributed by atoms with Crippen molar-refractivity contribution < 1.29 is 14.3 Å². The van der Waals surface area contributed by atoms with E-state index >= 15 is 0 Å². The zero-order valence-electron chi connectivity index (χ0n) is 5.43. The molecule has 0 aliphatic carbocycles. The van der Waals surface area contributed by atoms with Crippen molar-refractivity contribution in [2.24, 2.45) is 0 Å². The maximum absolute atomic E-state index is 10.3. The monoisotopic (exact) mass is 147 g/mol. The van der Waals surface area contributed by atoms with Crippen LogP contribution in [0.2, 0.25) is 0 Å². The average molecular weight is 147 g/mol. The number of hydrogen-bond acceptors (Lipinski definition) is 3. The van der Waals surface area contributed by atoms with Crippen molar-refractivity contribution in [2.45, 2.75) is 14.4 Å². The molecular weight excluding hydrogens is 134 g/mol. The van der Waals surface area contributed by atoms with Crippen LogP contribution in [0.15, 0.2) is 0 Å². The molecule has 60 valence electrons. The molecule has 10 heavy (non-hydrogen) atoms. The maximum Gasteiger partial charge on any atom is 0.396 e. The van der Waals surface area contributed by atoms with Crippen molar-refractivity contribution in [3.63, 3.8) is 0 Å². The van der Waals surface area contributed by atoms with E-state index < -0.39 is 11.9 Å². The second-order valence-electron chi connectivity index (χ2n) is 1.30. The Kier molecular flexibility index (Phi) is 7.10. The number of nitrogens with one attached hydrogen (secondary N) is 1. The van der Waals surface area contributed by atoms with E-state index in [1.165, 1.54) is 7.05 Å². The number of carbonyl (C=O) groups is 2. The lowest BCUT2D eigenvalue weighted by Gasteiger charge is -1.97. The van der Waals surface area contributed by atoms with Crippen molar-refractivity contribution in [2.75, 3.05) is 13.7 Å². The molecule has 0 unspecified atom stereocenters. The molecule has 0 aliphatic rings. The minimum atomic E-state index is -0.833. The molecule has 0 fully saturated rings. The highest BCUT2D eigenvalue weighted by Crippen LogP contribution is 1.75. The zero-order valence-corrected chi connectivity index (χ0v) is 5.43. The van der Waals surface area contributed by atoms with E-state index in [0.29, 0.717) is 0 Å². The van der Waals surface area contributed by atoms with Crippen LogP contribution in [0.25, 0.3) is 0 Å². The van der Waals surface area contributed by atoms with Gasteiger partial charge in [-0.2, -0.15) is 0 Å². The van der Waals surface area contributed by atoms with Gasteiger partial charge in [0.1, 0.15) is 0 Å². The van der Waals surface area contributed by atoms with Crippen LogP contribution in [-0.4, -0.2) is 25.5 Å². The Morgan fingerprint density at radius 3 is 2.30 bits per heavy atom. The number of amides is 1. The summed E-state index contributed by atoms with van der Waals surface area (Å²) in [5, 5.41) is 2.14. The van der Waals surface area contributed by atoms with Crippen LogP contribution in [0.3, 0.4) is 0 Å². The molecule has 0 saturated heterocycles. The fourth-order valence-electron chi connectivity index (χ4n) is 0.299. The van der Waals surface area contributed by atoms with E-state index in [1.54, 1.807) is 6.92 Å². The van der Waals surface area contributed by atoms with E-state index in [4.69, 9.17) is 0 Å². The highest BCUT2D eigenvalue weighted by Gasteiger charge is 2.10. The van der Waals surface area contributed by atoms with Crippen LogP contribution < -0.4 is 5.32 Å². The van der Waals surface area contributed by atoms with Crippen LogP contribution >= 0.6 is 0 Å². The smallest absolute Gasteiger partial charge is 0.396 e. The molecule has 0 aliphatic heterocycles. The molecule has 0 aromatic heterocycles. The third kappa shape index (κ3) is 3.88. The van der Waals surface area contributed by atoms with E-state index in [2.05, 4.69) is 10.1 Å². The molecule has 0 heterocycles. The molecule has 0 aromatic carbocycles. The fourth-order valence-corrected chi connectivity index (χ4v) is 0.299. The summed E-state index contributed by atoms with van der Waals surface area (Å²) in [5.41, 5.74) is 0. The Bertz CT molecular complexity index is 122. The molecule has 0 spiro atoms. The number of carbonyl (C=O) groups excluding carboxylic acids is 2. The standard InChI is InChI=1S/C5H9NO3.CH4/c1-3-9-5(8)4(7)6-2;/h3H2,1-2H3,(H,6,7);1H4. The van der Waals surface area contributed by atoms with Crippen molar-refractivity contribution in [3.05, 3.63) is 0 Å². The van der Waals surface area contributed by atoms with Gasteiger partial charge < -0.3 is 10.1 Å². The Hall–Kier alpha value is -1.06. The number of likely N-dealkylation sites (N-methyl/N-ethyl adjacent to an activating group) is 1. The molecule has 0 rings (SSSR count). The largest absolute Gasteiger partial charge is 0.459 e. The number of rotatable bonds is 1. The fraction of sp³-hybridized carbons (Fsp3) is 0.667. The lowest BCUT2D eigenvalue weighted by molar-refractivity contribution is -0.154. The lowest BCUT2D eigenvalue weighted by Crippen LogP contribution is -2.29. The summed E-state index contributed by atoms with van der Waals surface area (Å²) in [6, 6.07) is 0. The predicted molar refractivity (Wildman–Crippen MR) is 37.4 cm³/mol. The van der Waals surface area contributed by atoms with Crippen LogP contribution in [0, 0.1) is 0 Å². The molecule has 0 saturated carbocycles. The maximum atomic E-state index is 10.3. The van der Waals surface area contributed by atoms with E-state index in [-0.39, 0.29) is 14.0 Å². The minimum absolute atomic E-state index is 0. The number of hydrogen-bond donors (Lipinski definition) is 1. The van der Waals surface area contributed by atoms with Gasteiger partial charge in [-0.25, -0.2) is 4.79 Å². The molecule has 0 bridgehead atoms. The summed E-state index contributed by atoms with van der Waals surface area (Å²) >= 11 is 0. The third-order valence-electron chi connectivity index (χ3n) is 0.688. The first-order valence-corrected chi connectivity index (χ1v) is 2.61. The van der Waals surface area contributed by atoms with Gasteiger partial charge in [-0.1, -0.05) is 7.43 Å². The normalized spacial score (nSPS) is 7.40. The van der Waals surface area contributed by atoms with Gasteiger partial charge in [0, 0.05) is 7.05 Å². The van der Waals surface area contributed by atoms with Crippen LogP contribution in [0.5, 0.6) is 0 Å². The summed E-state index contributed by atoms with van der Waals surface area (Å²) in [6.45, 7) is 1.87. The summed E-state index contributed by atoms with van der Waals surface area (Å²) in [7, 11) is 1.37. The quantitative estimate of drug-likeness (QED) is 0.417. The van der Waals surface area contributed by atoms with Crippen molar-refractivity contribution >= 4 is 11.9 Å². The van der Waals surface area contributed by atoms with Gasteiger partial charge in [0.2, 0.25) is 0 Å². The van der Waals surface area contributed by atoms with E-state index in [9.17, 15) is 9.59 Å². The first-order chi connectivity index (χ1) is 4.22. The van der Waals surface area contributed by atoms with Gasteiger partial charge in [0.15, 0.2) is 0 Å². The van der Waals surface area contributed by atoms with E-state index in [1.807, 2.05) is 0 Å². The highest BCUT2D eigenvalue weighted by molar-refractivity contribution is 6.32. The number of ether oxygens (including phenoxy) is 1. The summed E-state index contributed by atoms with van der Waals surface area (Å²) in [6.07, 6.45) is 0. The molecule has 1 N–H and O–H groups in total. The molecular formula is C6H13NO3. The molecule has 4 nitrogen and oxygen atoms in total. The predicted octanol–water partition coefficient (Wildman–Crippen LogP) is -0.0684. The molecule has 0 radical (unpaired) electrons. The first-order valence-electron chi connectivity index (χ1n) is 2.61. The second kappa shape index (κ2) is 6.07. The highest BCUT2D eigenvalue weighted by atomic mass is 16.5. The molecule has 1 amide bonds. The molecule has 0 atom stereocenters. The average Bonchev–Trinajstić information content (AvgIpc) is 1.87. The van der Waals surface area contributed by atoms with Crippen LogP contribution in [0.4, 0.5) is 0 Å². The van der Waals surface area contributed by atoms with Crippen LogP contribution in [0.1, 0.15) is 14.4 Å². The zero-order chi connectivity index (χ0) is 7.28. The van der Waals surface area contributed by atoms with Gasteiger partial charge >= 0.3 is 11.9 Å². The first kappa shape index (κ1) is 11.7. The SMILES string of the molecule is C.CCOC(=O)C(=O)NC. The Morgan fingerprint density at radius 2 is 2.00 bits per heavy atom. The topological polar surface area (TPSA) is 55.4 Å². The van der Waals surface area contributed by atoms with Gasteiger partial charge in [-0.15, -0.1) is 0 Å². The number of esters is 1. The van der Waals surface area contributed by atoms with Crippen molar-refractivity contribution in [1.29, 1.82) is 0 Å². The Balaban J connectivity index is 0. The van der Waals surface area contributed by atoms with Gasteiger partial charge in [-0.3, -0.25) is 4.79 Å². The second-order valence-corrected chi connectivity index (χ2v) is 1.30. The molecule has 0 aromatic rings. The van der Waals surface area contributed by atoms with Crippen LogP contribution in [-0.2, 0) is 14.3 Å². The van der Waals surface area contributed by atoms with Crippen molar-refractivity contribution in [3.8, 4) is 0 Å². The van der Waals surface area contributed by atoms with E-state index in [0.717, 1.165) is 0 Å². The summed E-state index contributed by atoms with van der Waals surface area (Å²) in [5.74, 6) is -1.54. The minimum Gasteiger partial charge on any atom is -0.459 e. The summed E-state index contributed by atoms with van der Waals surface area (Å²) in [4.78, 5) is 20.7. The van der Waals surface area contributed by atoms with Gasteiger partial charge in [-0.05, 0) is 6.92 Å². The molecule has 4 heteroatoms. The van der Waals surface area contributed by atoms with Crippen molar-refractivity contribution in [1.82, 2.24) is 5.32 Å². The lowest BCUT2D eigenvalue weighted by atomic mass is 10.6. The summed E-state index contributed by atoms with van der Waals surface area (Å²) < 4.78 is 4.34. The Morgan fingerprint density at radius 1 is 1.50 bits per heavy atom. The Labute approximate surface area is 60.6 Å². The van der Waals surface area contributed by atoms with Gasteiger partial charge in [0.25, 0.3) is 0 Å².